The lowest BCUT2D eigenvalue weighted by molar-refractivity contribution is -0.153. The molecule has 0 aromatic heterocycles. The summed E-state index contributed by atoms with van der Waals surface area (Å²) < 4.78 is 10.3. The summed E-state index contributed by atoms with van der Waals surface area (Å²) in [5.74, 6) is -0.863. The highest BCUT2D eigenvalue weighted by Crippen LogP contribution is 2.25. The largest absolute Gasteiger partial charge is 0.479 e. The zero-order valence-electron chi connectivity index (χ0n) is 13.7. The highest BCUT2D eigenvalue weighted by molar-refractivity contribution is 6.35. The number of anilines is 1. The van der Waals surface area contributed by atoms with Gasteiger partial charge >= 0.3 is 5.97 Å². The number of nitriles is 1. The third kappa shape index (κ3) is 5.66. The Hall–Kier alpha value is -2.75. The molecule has 8 heteroatoms. The number of halogens is 2. The molecule has 2 aromatic carbocycles. The summed E-state index contributed by atoms with van der Waals surface area (Å²) in [6, 6.07) is 12.9. The van der Waals surface area contributed by atoms with Gasteiger partial charge in [0.05, 0.1) is 22.3 Å². The van der Waals surface area contributed by atoms with Gasteiger partial charge < -0.3 is 14.8 Å². The lowest BCUT2D eigenvalue weighted by Gasteiger charge is -2.14. The second-order valence-electron chi connectivity index (χ2n) is 5.18. The van der Waals surface area contributed by atoms with Gasteiger partial charge in [-0.25, -0.2) is 4.79 Å². The van der Waals surface area contributed by atoms with E-state index in [0.29, 0.717) is 27.0 Å². The molecule has 1 amide bonds. The number of carbonyl (C=O) groups excluding carboxylic acids is 2. The molecule has 0 heterocycles. The highest BCUT2D eigenvalue weighted by Gasteiger charge is 2.18. The molecule has 134 valence electrons. The molecule has 1 N–H and O–H groups in total. The Balaban J connectivity index is 1.83. The van der Waals surface area contributed by atoms with Crippen LogP contribution in [-0.2, 0) is 14.3 Å². The standard InChI is InChI=1S/C18H14Cl2N2O4/c1-11(26-14-5-2-12(9-21)3-6-14)18(24)25-10-17(23)22-16-8-13(19)4-7-15(16)20/h2-8,11H,10H2,1H3,(H,22,23)/t11-/m1/s1. The van der Waals surface area contributed by atoms with Crippen molar-refractivity contribution in [3.63, 3.8) is 0 Å². The first-order chi connectivity index (χ1) is 12.4. The first-order valence-corrected chi connectivity index (χ1v) is 8.23. The van der Waals surface area contributed by atoms with E-state index in [2.05, 4.69) is 5.32 Å². The number of amides is 1. The third-order valence-corrected chi connectivity index (χ3v) is 3.74. The average molecular weight is 393 g/mol. The third-order valence-electron chi connectivity index (χ3n) is 3.18. The Labute approximate surface area is 160 Å². The minimum absolute atomic E-state index is 0.312. The van der Waals surface area contributed by atoms with E-state index >= 15 is 0 Å². The zero-order valence-corrected chi connectivity index (χ0v) is 15.2. The molecule has 0 spiro atoms. The number of nitrogens with one attached hydrogen (secondary N) is 1. The number of ether oxygens (including phenoxy) is 2. The second-order valence-corrected chi connectivity index (χ2v) is 6.02. The van der Waals surface area contributed by atoms with Crippen molar-refractivity contribution in [2.45, 2.75) is 13.0 Å². The summed E-state index contributed by atoms with van der Waals surface area (Å²) in [7, 11) is 0. The topological polar surface area (TPSA) is 88.4 Å². The molecule has 0 saturated heterocycles. The normalized spacial score (nSPS) is 11.2. The van der Waals surface area contributed by atoms with Gasteiger partial charge in [0.1, 0.15) is 5.75 Å². The fourth-order valence-corrected chi connectivity index (χ4v) is 2.23. The van der Waals surface area contributed by atoms with Crippen LogP contribution < -0.4 is 10.1 Å². The summed E-state index contributed by atoms with van der Waals surface area (Å²) in [5.41, 5.74) is 0.797. The van der Waals surface area contributed by atoms with Crippen LogP contribution in [0.3, 0.4) is 0 Å². The number of nitrogens with zero attached hydrogens (tertiary/aromatic N) is 1. The van der Waals surface area contributed by atoms with Crippen molar-refractivity contribution >= 4 is 40.8 Å². The summed E-state index contributed by atoms with van der Waals surface area (Å²) in [4.78, 5) is 23.8. The molecule has 2 rings (SSSR count). The molecule has 0 radical (unpaired) electrons. The molecule has 0 fully saturated rings. The van der Waals surface area contributed by atoms with E-state index in [1.54, 1.807) is 36.4 Å². The SMILES string of the molecule is C[C@@H](Oc1ccc(C#N)cc1)C(=O)OCC(=O)Nc1cc(Cl)ccc1Cl. The van der Waals surface area contributed by atoms with Crippen LogP contribution in [0.4, 0.5) is 5.69 Å². The molecule has 0 saturated carbocycles. The van der Waals surface area contributed by atoms with E-state index in [1.807, 2.05) is 6.07 Å². The summed E-state index contributed by atoms with van der Waals surface area (Å²) in [6.07, 6.45) is -0.925. The maximum atomic E-state index is 11.9. The molecule has 0 unspecified atom stereocenters. The predicted octanol–water partition coefficient (Wildman–Crippen LogP) is 3.81. The van der Waals surface area contributed by atoms with Gasteiger partial charge in [0.2, 0.25) is 0 Å². The number of rotatable bonds is 6. The first-order valence-electron chi connectivity index (χ1n) is 7.47. The van der Waals surface area contributed by atoms with Gasteiger partial charge in [-0.2, -0.15) is 5.26 Å². The van der Waals surface area contributed by atoms with Gasteiger partial charge in [0.15, 0.2) is 12.7 Å². The van der Waals surface area contributed by atoms with Crippen molar-refractivity contribution in [1.82, 2.24) is 0 Å². The molecular formula is C18H14Cl2N2O4. The van der Waals surface area contributed by atoms with E-state index in [4.69, 9.17) is 37.9 Å². The molecule has 0 aliphatic carbocycles. The average Bonchev–Trinajstić information content (AvgIpc) is 2.63. The highest BCUT2D eigenvalue weighted by atomic mass is 35.5. The van der Waals surface area contributed by atoms with Crippen LogP contribution in [0.2, 0.25) is 10.0 Å². The molecule has 0 aliphatic heterocycles. The fourth-order valence-electron chi connectivity index (χ4n) is 1.89. The van der Waals surface area contributed by atoms with Crippen molar-refractivity contribution in [1.29, 1.82) is 5.26 Å². The van der Waals surface area contributed by atoms with E-state index < -0.39 is 24.6 Å². The zero-order chi connectivity index (χ0) is 19.1. The number of carbonyl (C=O) groups is 2. The Kier molecular flexibility index (Phi) is 6.84. The Morgan fingerprint density at radius 2 is 1.88 bits per heavy atom. The molecular weight excluding hydrogens is 379 g/mol. The van der Waals surface area contributed by atoms with Crippen LogP contribution in [0, 0.1) is 11.3 Å². The van der Waals surface area contributed by atoms with Crippen molar-refractivity contribution < 1.29 is 19.1 Å². The minimum atomic E-state index is -0.925. The number of benzene rings is 2. The van der Waals surface area contributed by atoms with Crippen LogP contribution in [0.25, 0.3) is 0 Å². The quantitative estimate of drug-likeness (QED) is 0.754. The smallest absolute Gasteiger partial charge is 0.347 e. The Morgan fingerprint density at radius 3 is 2.54 bits per heavy atom. The molecule has 6 nitrogen and oxygen atoms in total. The Bertz CT molecular complexity index is 847. The van der Waals surface area contributed by atoms with E-state index in [-0.39, 0.29) is 0 Å². The van der Waals surface area contributed by atoms with Gasteiger partial charge in [-0.05, 0) is 49.4 Å². The predicted molar refractivity (Wildman–Crippen MR) is 97.3 cm³/mol. The molecule has 26 heavy (non-hydrogen) atoms. The summed E-state index contributed by atoms with van der Waals surface area (Å²) in [5, 5.41) is 12.0. The maximum Gasteiger partial charge on any atom is 0.347 e. The molecule has 0 aliphatic rings. The summed E-state index contributed by atoms with van der Waals surface area (Å²) in [6.45, 7) is 0.995. The minimum Gasteiger partial charge on any atom is -0.479 e. The van der Waals surface area contributed by atoms with Gasteiger partial charge in [-0.15, -0.1) is 0 Å². The van der Waals surface area contributed by atoms with Gasteiger partial charge in [0, 0.05) is 5.02 Å². The monoisotopic (exact) mass is 392 g/mol. The van der Waals surface area contributed by atoms with Crippen LogP contribution in [-0.4, -0.2) is 24.6 Å². The molecule has 1 atom stereocenters. The van der Waals surface area contributed by atoms with E-state index in [1.165, 1.54) is 13.0 Å². The van der Waals surface area contributed by atoms with Gasteiger partial charge in [0.25, 0.3) is 5.91 Å². The lowest BCUT2D eigenvalue weighted by Crippen LogP contribution is -2.29. The van der Waals surface area contributed by atoms with Gasteiger partial charge in [-0.1, -0.05) is 23.2 Å². The van der Waals surface area contributed by atoms with Crippen LogP contribution >= 0.6 is 23.2 Å². The van der Waals surface area contributed by atoms with Crippen molar-refractivity contribution in [3.05, 3.63) is 58.1 Å². The number of hydrogen-bond acceptors (Lipinski definition) is 5. The number of esters is 1. The first kappa shape index (κ1) is 19.6. The van der Waals surface area contributed by atoms with Crippen molar-refractivity contribution in [2.24, 2.45) is 0 Å². The molecule has 2 aromatic rings. The summed E-state index contributed by atoms with van der Waals surface area (Å²) >= 11 is 11.8. The maximum absolute atomic E-state index is 11.9. The van der Waals surface area contributed by atoms with Crippen LogP contribution in [0.15, 0.2) is 42.5 Å². The lowest BCUT2D eigenvalue weighted by atomic mass is 10.2. The Morgan fingerprint density at radius 1 is 1.19 bits per heavy atom. The van der Waals surface area contributed by atoms with Crippen LogP contribution in [0.1, 0.15) is 12.5 Å². The second kappa shape index (κ2) is 9.09. The van der Waals surface area contributed by atoms with Crippen molar-refractivity contribution in [2.75, 3.05) is 11.9 Å². The fraction of sp³-hybridized carbons (Fsp3) is 0.167. The van der Waals surface area contributed by atoms with E-state index in [9.17, 15) is 9.59 Å². The number of hydrogen-bond donors (Lipinski definition) is 1. The van der Waals surface area contributed by atoms with Gasteiger partial charge in [-0.3, -0.25) is 4.79 Å². The van der Waals surface area contributed by atoms with Crippen molar-refractivity contribution in [3.8, 4) is 11.8 Å². The van der Waals surface area contributed by atoms with E-state index in [0.717, 1.165) is 0 Å². The molecule has 0 bridgehead atoms. The van der Waals surface area contributed by atoms with Crippen LogP contribution in [0.5, 0.6) is 5.75 Å².